The van der Waals surface area contributed by atoms with E-state index in [0.717, 1.165) is 25.7 Å². The molecule has 3 N–H and O–H groups in total. The first-order chi connectivity index (χ1) is 17.0. The fourth-order valence-electron chi connectivity index (χ4n) is 3.98. The van der Waals surface area contributed by atoms with Crippen molar-refractivity contribution in [1.82, 2.24) is 15.6 Å². The Balaban J connectivity index is 1.33. The van der Waals surface area contributed by atoms with E-state index in [9.17, 15) is 14.0 Å². The van der Waals surface area contributed by atoms with Gasteiger partial charge in [-0.05, 0) is 37.1 Å². The van der Waals surface area contributed by atoms with Crippen molar-refractivity contribution < 1.29 is 23.5 Å². The summed E-state index contributed by atoms with van der Waals surface area (Å²) in [4.78, 5) is 29.8. The van der Waals surface area contributed by atoms with Crippen LogP contribution in [0.15, 0.2) is 53.9 Å². The fraction of sp³-hybridized carbons (Fsp3) is 0.320. The van der Waals surface area contributed by atoms with Crippen LogP contribution in [0, 0.1) is 5.82 Å². The average Bonchev–Trinajstić information content (AvgIpc) is 3.34. The Morgan fingerprint density at radius 2 is 1.71 bits per heavy atom. The number of carbonyl (C=O) groups is 2. The highest BCUT2D eigenvalue weighted by atomic mass is 32.1. The molecule has 1 saturated carbocycles. The molecule has 8 nitrogen and oxygen atoms in total. The van der Waals surface area contributed by atoms with Crippen LogP contribution in [0.25, 0.3) is 0 Å². The van der Waals surface area contributed by atoms with Crippen LogP contribution < -0.4 is 25.4 Å². The number of aromatic nitrogens is 1. The van der Waals surface area contributed by atoms with Gasteiger partial charge in [0.25, 0.3) is 5.91 Å². The third-order valence-corrected chi connectivity index (χ3v) is 6.55. The zero-order valence-corrected chi connectivity index (χ0v) is 20.1. The van der Waals surface area contributed by atoms with Crippen LogP contribution in [0.4, 0.5) is 14.9 Å². The number of urea groups is 1. The topological polar surface area (TPSA) is 102 Å². The Morgan fingerprint density at radius 1 is 1.03 bits per heavy atom. The summed E-state index contributed by atoms with van der Waals surface area (Å²) in [5.74, 6) is -0.0690. The maximum Gasteiger partial charge on any atom is 0.319 e. The first-order valence-corrected chi connectivity index (χ1v) is 12.2. The SMILES string of the molecule is COc1ccccc1NC(=O)NC1CCCCC1NC(=O)c1csc(COc2ccccc2F)n1. The summed E-state index contributed by atoms with van der Waals surface area (Å²) in [7, 11) is 1.54. The number of carbonyl (C=O) groups excluding carboxylic acids is 2. The van der Waals surface area contributed by atoms with E-state index >= 15 is 0 Å². The maximum atomic E-state index is 13.7. The van der Waals surface area contributed by atoms with Crippen molar-refractivity contribution in [3.63, 3.8) is 0 Å². The normalized spacial score (nSPS) is 17.3. The molecule has 2 aromatic carbocycles. The minimum Gasteiger partial charge on any atom is -0.495 e. The second kappa shape index (κ2) is 11.7. The molecule has 10 heteroatoms. The molecule has 4 rings (SSSR count). The van der Waals surface area contributed by atoms with Gasteiger partial charge in [-0.1, -0.05) is 37.1 Å². The Bertz CT molecular complexity index is 1170. The molecule has 35 heavy (non-hydrogen) atoms. The van der Waals surface area contributed by atoms with Gasteiger partial charge in [-0.15, -0.1) is 11.3 Å². The van der Waals surface area contributed by atoms with E-state index in [4.69, 9.17) is 9.47 Å². The summed E-state index contributed by atoms with van der Waals surface area (Å²) in [5, 5.41) is 11.0. The van der Waals surface area contributed by atoms with Crippen LogP contribution in [0.3, 0.4) is 0 Å². The molecular weight excluding hydrogens is 471 g/mol. The number of nitrogens with one attached hydrogen (secondary N) is 3. The molecule has 1 aromatic heterocycles. The van der Waals surface area contributed by atoms with E-state index in [1.54, 1.807) is 36.8 Å². The number of rotatable bonds is 8. The molecule has 3 amide bonds. The molecule has 2 unspecified atom stereocenters. The van der Waals surface area contributed by atoms with E-state index in [2.05, 4.69) is 20.9 Å². The average molecular weight is 499 g/mol. The van der Waals surface area contributed by atoms with Gasteiger partial charge in [-0.3, -0.25) is 4.79 Å². The molecule has 1 aliphatic rings. The highest BCUT2D eigenvalue weighted by Crippen LogP contribution is 2.24. The molecule has 3 aromatic rings. The summed E-state index contributed by atoms with van der Waals surface area (Å²) >= 11 is 1.27. The second-order valence-electron chi connectivity index (χ2n) is 8.12. The van der Waals surface area contributed by atoms with Crippen LogP contribution in [0.1, 0.15) is 41.2 Å². The molecule has 0 radical (unpaired) electrons. The third kappa shape index (κ3) is 6.48. The first kappa shape index (κ1) is 24.5. The Morgan fingerprint density at radius 3 is 2.46 bits per heavy atom. The van der Waals surface area contributed by atoms with Gasteiger partial charge in [-0.2, -0.15) is 0 Å². The highest BCUT2D eigenvalue weighted by Gasteiger charge is 2.29. The minimum absolute atomic E-state index is 0.0651. The Labute approximate surface area is 206 Å². The Hall–Kier alpha value is -3.66. The lowest BCUT2D eigenvalue weighted by atomic mass is 9.90. The smallest absolute Gasteiger partial charge is 0.319 e. The fourth-order valence-corrected chi connectivity index (χ4v) is 4.66. The predicted molar refractivity (Wildman–Crippen MR) is 132 cm³/mol. The van der Waals surface area contributed by atoms with Gasteiger partial charge < -0.3 is 25.4 Å². The lowest BCUT2D eigenvalue weighted by Crippen LogP contribution is -2.54. The number of halogens is 1. The monoisotopic (exact) mass is 498 g/mol. The van der Waals surface area contributed by atoms with Crippen LogP contribution in [-0.2, 0) is 6.61 Å². The van der Waals surface area contributed by atoms with Gasteiger partial charge in [-0.25, -0.2) is 14.2 Å². The van der Waals surface area contributed by atoms with Crippen LogP contribution in [0.2, 0.25) is 0 Å². The predicted octanol–water partition coefficient (Wildman–Crippen LogP) is 4.73. The zero-order chi connectivity index (χ0) is 24.6. The van der Waals surface area contributed by atoms with E-state index in [0.29, 0.717) is 16.4 Å². The van der Waals surface area contributed by atoms with Crippen molar-refractivity contribution in [3.05, 3.63) is 70.4 Å². The van der Waals surface area contributed by atoms with E-state index in [-0.39, 0.29) is 42.1 Å². The Kier molecular flexibility index (Phi) is 8.15. The molecule has 184 valence electrons. The molecule has 1 heterocycles. The summed E-state index contributed by atoms with van der Waals surface area (Å²) < 4.78 is 24.5. The van der Waals surface area contributed by atoms with E-state index in [1.165, 1.54) is 23.5 Å². The molecule has 0 spiro atoms. The largest absolute Gasteiger partial charge is 0.495 e. The molecule has 0 saturated heterocycles. The number of amides is 3. The van der Waals surface area contributed by atoms with Crippen LogP contribution >= 0.6 is 11.3 Å². The van der Waals surface area contributed by atoms with Gasteiger partial charge >= 0.3 is 6.03 Å². The highest BCUT2D eigenvalue weighted by molar-refractivity contribution is 7.09. The van der Waals surface area contributed by atoms with Crippen LogP contribution in [0.5, 0.6) is 11.5 Å². The van der Waals surface area contributed by atoms with E-state index in [1.807, 2.05) is 12.1 Å². The molecule has 0 aliphatic heterocycles. The van der Waals surface area contributed by atoms with Crippen molar-refractivity contribution in [1.29, 1.82) is 0 Å². The van der Waals surface area contributed by atoms with Crippen molar-refractivity contribution >= 4 is 29.0 Å². The second-order valence-corrected chi connectivity index (χ2v) is 9.06. The summed E-state index contributed by atoms with van der Waals surface area (Å²) in [6, 6.07) is 12.5. The number of hydrogen-bond donors (Lipinski definition) is 3. The van der Waals surface area contributed by atoms with Gasteiger partial charge in [0.2, 0.25) is 0 Å². The lowest BCUT2D eigenvalue weighted by molar-refractivity contribution is 0.0911. The molecule has 1 aliphatic carbocycles. The molecule has 1 fully saturated rings. The summed E-state index contributed by atoms with van der Waals surface area (Å²) in [6.07, 6.45) is 3.41. The minimum atomic E-state index is -0.451. The van der Waals surface area contributed by atoms with Crippen molar-refractivity contribution in [3.8, 4) is 11.5 Å². The lowest BCUT2D eigenvalue weighted by Gasteiger charge is -2.32. The molecule has 2 atom stereocenters. The molecular formula is C25H27FN4O4S. The number of hydrogen-bond acceptors (Lipinski definition) is 6. The number of ether oxygens (including phenoxy) is 2. The number of anilines is 1. The number of thiazole rings is 1. The van der Waals surface area contributed by atoms with Crippen LogP contribution in [-0.4, -0.2) is 36.1 Å². The number of para-hydroxylation sites is 3. The molecule has 0 bridgehead atoms. The van der Waals surface area contributed by atoms with Gasteiger partial charge in [0.05, 0.1) is 18.8 Å². The summed E-state index contributed by atoms with van der Waals surface area (Å²) in [6.45, 7) is 0.0651. The zero-order valence-electron chi connectivity index (χ0n) is 19.3. The standard InChI is InChI=1S/C25H27FN4O4S/c1-33-22-13-7-5-11-19(22)30-25(32)29-18-10-4-3-9-17(18)28-24(31)20-15-35-23(27-20)14-34-21-12-6-2-8-16(21)26/h2,5-8,11-13,15,17-18H,3-4,9-10,14H2,1H3,(H,28,31)(H2,29,30,32). The third-order valence-electron chi connectivity index (χ3n) is 5.73. The van der Waals surface area contributed by atoms with Crippen molar-refractivity contribution in [2.45, 2.75) is 44.4 Å². The van der Waals surface area contributed by atoms with Gasteiger partial charge in [0.15, 0.2) is 11.6 Å². The number of benzene rings is 2. The quantitative estimate of drug-likeness (QED) is 0.417. The maximum absolute atomic E-state index is 13.7. The van der Waals surface area contributed by atoms with Crippen molar-refractivity contribution in [2.75, 3.05) is 12.4 Å². The van der Waals surface area contributed by atoms with Crippen molar-refractivity contribution in [2.24, 2.45) is 0 Å². The number of nitrogens with zero attached hydrogens (tertiary/aromatic N) is 1. The number of methoxy groups -OCH3 is 1. The van der Waals surface area contributed by atoms with Gasteiger partial charge in [0.1, 0.15) is 23.1 Å². The summed E-state index contributed by atoms with van der Waals surface area (Å²) in [5.41, 5.74) is 0.835. The first-order valence-electron chi connectivity index (χ1n) is 11.4. The van der Waals surface area contributed by atoms with E-state index < -0.39 is 5.82 Å². The van der Waals surface area contributed by atoms with Gasteiger partial charge in [0, 0.05) is 11.4 Å².